The van der Waals surface area contributed by atoms with E-state index >= 15 is 0 Å². The minimum Gasteiger partial charge on any atom is -0.329 e. The number of hydrogen-bond donors (Lipinski definition) is 2. The lowest BCUT2D eigenvalue weighted by molar-refractivity contribution is 0.419. The molecule has 0 aliphatic carbocycles. The lowest BCUT2D eigenvalue weighted by atomic mass is 9.97. The summed E-state index contributed by atoms with van der Waals surface area (Å²) in [6.45, 7) is 7.61. The van der Waals surface area contributed by atoms with E-state index in [2.05, 4.69) is 30.9 Å². The Hall–Kier alpha value is 0.270. The Balaban J connectivity index is 2.48. The molecule has 0 spiro atoms. The fourth-order valence-corrected chi connectivity index (χ4v) is 3.29. The van der Waals surface area contributed by atoms with Crippen LogP contribution in [0.2, 0.25) is 0 Å². The highest BCUT2D eigenvalue weighted by Crippen LogP contribution is 2.35. The van der Waals surface area contributed by atoms with Crippen molar-refractivity contribution in [2.45, 2.75) is 36.7 Å². The van der Waals surface area contributed by atoms with E-state index in [1.54, 1.807) is 0 Å². The van der Waals surface area contributed by atoms with Gasteiger partial charge in [0.05, 0.1) is 0 Å². The van der Waals surface area contributed by atoms with Crippen molar-refractivity contribution in [2.24, 2.45) is 5.73 Å². The van der Waals surface area contributed by atoms with Crippen LogP contribution >= 0.6 is 11.8 Å². The highest BCUT2D eigenvalue weighted by atomic mass is 32.2. The van der Waals surface area contributed by atoms with E-state index in [0.29, 0.717) is 10.00 Å². The van der Waals surface area contributed by atoms with Gasteiger partial charge >= 0.3 is 0 Å². The van der Waals surface area contributed by atoms with Crippen molar-refractivity contribution < 1.29 is 0 Å². The predicted molar refractivity (Wildman–Crippen MR) is 56.6 cm³/mol. The molecule has 3 N–H and O–H groups in total. The second kappa shape index (κ2) is 4.49. The summed E-state index contributed by atoms with van der Waals surface area (Å²) in [5.41, 5.74) is 5.84. The van der Waals surface area contributed by atoms with E-state index in [4.69, 9.17) is 5.73 Å². The fourth-order valence-electron chi connectivity index (χ4n) is 1.75. The topological polar surface area (TPSA) is 38.0 Å². The van der Waals surface area contributed by atoms with Gasteiger partial charge in [-0.15, -0.1) is 0 Å². The number of nitrogens with two attached hydrogens (primary N) is 1. The van der Waals surface area contributed by atoms with Crippen molar-refractivity contribution in [3.8, 4) is 0 Å². The molecule has 1 heterocycles. The summed E-state index contributed by atoms with van der Waals surface area (Å²) in [4.78, 5) is 0. The van der Waals surface area contributed by atoms with Gasteiger partial charge in [-0.05, 0) is 31.2 Å². The van der Waals surface area contributed by atoms with Gasteiger partial charge in [0.2, 0.25) is 0 Å². The van der Waals surface area contributed by atoms with Crippen LogP contribution in [0.3, 0.4) is 0 Å². The molecule has 0 aromatic carbocycles. The van der Waals surface area contributed by atoms with Crippen LogP contribution in [0.25, 0.3) is 0 Å². The predicted octanol–water partition coefficient (Wildman–Crippen LogP) is 1.21. The third-order valence-corrected chi connectivity index (χ3v) is 3.92. The van der Waals surface area contributed by atoms with Crippen molar-refractivity contribution in [3.63, 3.8) is 0 Å². The molecule has 3 heteroatoms. The quantitative estimate of drug-likeness (QED) is 0.699. The molecule has 0 amide bonds. The first-order chi connectivity index (χ1) is 5.68. The van der Waals surface area contributed by atoms with Gasteiger partial charge in [0.15, 0.2) is 0 Å². The van der Waals surface area contributed by atoms with E-state index in [0.717, 1.165) is 19.6 Å². The van der Waals surface area contributed by atoms with Crippen LogP contribution in [0, 0.1) is 0 Å². The third-order valence-electron chi connectivity index (χ3n) is 2.37. The largest absolute Gasteiger partial charge is 0.329 e. The van der Waals surface area contributed by atoms with Crippen molar-refractivity contribution >= 4 is 11.8 Å². The van der Waals surface area contributed by atoms with Crippen LogP contribution in [0.5, 0.6) is 0 Å². The molecule has 2 nitrogen and oxygen atoms in total. The zero-order chi connectivity index (χ0) is 9.03. The van der Waals surface area contributed by atoms with Crippen LogP contribution in [0.1, 0.15) is 26.7 Å². The summed E-state index contributed by atoms with van der Waals surface area (Å²) in [6, 6.07) is 0. The van der Waals surface area contributed by atoms with Gasteiger partial charge in [0.1, 0.15) is 0 Å². The van der Waals surface area contributed by atoms with Gasteiger partial charge in [-0.25, -0.2) is 0 Å². The Bertz CT molecular complexity index is 130. The summed E-state index contributed by atoms with van der Waals surface area (Å²) in [5, 5.41) is 4.08. The molecule has 72 valence electrons. The summed E-state index contributed by atoms with van der Waals surface area (Å²) in [6.07, 6.45) is 2.46. The summed E-state index contributed by atoms with van der Waals surface area (Å²) >= 11 is 2.06. The Morgan fingerprint density at radius 2 is 2.00 bits per heavy atom. The molecule has 0 saturated carbocycles. The minimum absolute atomic E-state index is 0.374. The third kappa shape index (κ3) is 2.64. The molecule has 0 radical (unpaired) electrons. The number of thioether (sulfide) groups is 1. The first kappa shape index (κ1) is 10.4. The summed E-state index contributed by atoms with van der Waals surface area (Å²) in [5.74, 6) is 0. The fraction of sp³-hybridized carbons (Fsp3) is 1.00. The Kier molecular flexibility index (Phi) is 3.87. The molecule has 12 heavy (non-hydrogen) atoms. The Labute approximate surface area is 79.7 Å². The first-order valence-electron chi connectivity index (χ1n) is 4.77. The highest BCUT2D eigenvalue weighted by Gasteiger charge is 2.31. The van der Waals surface area contributed by atoms with Crippen molar-refractivity contribution in [1.82, 2.24) is 5.32 Å². The second-order valence-corrected chi connectivity index (χ2v) is 5.85. The zero-order valence-electron chi connectivity index (χ0n) is 8.10. The minimum atomic E-state index is 0.374. The maximum atomic E-state index is 5.84. The van der Waals surface area contributed by atoms with Crippen molar-refractivity contribution in [2.75, 3.05) is 19.6 Å². The van der Waals surface area contributed by atoms with Gasteiger partial charge in [0, 0.05) is 11.3 Å². The molecular weight excluding hydrogens is 168 g/mol. The van der Waals surface area contributed by atoms with Gasteiger partial charge in [0.25, 0.3) is 0 Å². The summed E-state index contributed by atoms with van der Waals surface area (Å²) < 4.78 is 0.374. The molecule has 0 unspecified atom stereocenters. The van der Waals surface area contributed by atoms with Gasteiger partial charge in [-0.3, -0.25) is 0 Å². The molecule has 1 fully saturated rings. The molecule has 0 bridgehead atoms. The van der Waals surface area contributed by atoms with Gasteiger partial charge in [-0.2, -0.15) is 11.8 Å². The lowest BCUT2D eigenvalue weighted by Crippen LogP contribution is -2.45. The van der Waals surface area contributed by atoms with E-state index in [9.17, 15) is 0 Å². The zero-order valence-corrected chi connectivity index (χ0v) is 8.91. The molecule has 0 aromatic heterocycles. The number of nitrogens with one attached hydrogen (secondary N) is 1. The van der Waals surface area contributed by atoms with Crippen molar-refractivity contribution in [3.05, 3.63) is 0 Å². The molecule has 0 aromatic rings. The van der Waals surface area contributed by atoms with Crippen LogP contribution in [0.4, 0.5) is 0 Å². The molecule has 1 aliphatic rings. The monoisotopic (exact) mass is 188 g/mol. The standard InChI is InChI=1S/C9H20N2S/c1-8(2)12-9(7-10)3-5-11-6-4-9/h8,11H,3-7,10H2,1-2H3. The van der Waals surface area contributed by atoms with Crippen LogP contribution in [-0.4, -0.2) is 29.6 Å². The Morgan fingerprint density at radius 1 is 1.42 bits per heavy atom. The van der Waals surface area contributed by atoms with Crippen LogP contribution < -0.4 is 11.1 Å². The van der Waals surface area contributed by atoms with E-state index < -0.39 is 0 Å². The van der Waals surface area contributed by atoms with Crippen LogP contribution in [-0.2, 0) is 0 Å². The average molecular weight is 188 g/mol. The van der Waals surface area contributed by atoms with Gasteiger partial charge in [-0.1, -0.05) is 13.8 Å². The number of hydrogen-bond acceptors (Lipinski definition) is 3. The van der Waals surface area contributed by atoms with Crippen molar-refractivity contribution in [1.29, 1.82) is 0 Å². The molecule has 1 aliphatic heterocycles. The van der Waals surface area contributed by atoms with E-state index in [1.165, 1.54) is 12.8 Å². The highest BCUT2D eigenvalue weighted by molar-refractivity contribution is 8.01. The Morgan fingerprint density at radius 3 is 2.42 bits per heavy atom. The van der Waals surface area contributed by atoms with Crippen LogP contribution in [0.15, 0.2) is 0 Å². The summed E-state index contributed by atoms with van der Waals surface area (Å²) in [7, 11) is 0. The molecule has 0 atom stereocenters. The average Bonchev–Trinajstić information content (AvgIpc) is 2.05. The van der Waals surface area contributed by atoms with E-state index in [1.807, 2.05) is 0 Å². The molecule has 1 rings (SSSR count). The normalized spacial score (nSPS) is 23.0. The van der Waals surface area contributed by atoms with E-state index in [-0.39, 0.29) is 0 Å². The lowest BCUT2D eigenvalue weighted by Gasteiger charge is -2.37. The number of piperidine rings is 1. The smallest absolute Gasteiger partial charge is 0.0308 e. The molecular formula is C9H20N2S. The maximum Gasteiger partial charge on any atom is 0.0308 e. The molecule has 1 saturated heterocycles. The maximum absolute atomic E-state index is 5.84. The number of rotatable bonds is 3. The second-order valence-electron chi connectivity index (χ2n) is 3.80. The first-order valence-corrected chi connectivity index (χ1v) is 5.65. The van der Waals surface area contributed by atoms with Gasteiger partial charge < -0.3 is 11.1 Å². The SMILES string of the molecule is CC(C)SC1(CN)CCNCC1.